The van der Waals surface area contributed by atoms with E-state index in [2.05, 4.69) is 10.4 Å². The summed E-state index contributed by atoms with van der Waals surface area (Å²) in [5.41, 5.74) is -0.0231. The molecule has 2 aromatic rings. The van der Waals surface area contributed by atoms with Crippen LogP contribution in [-0.4, -0.2) is 21.7 Å². The average molecular weight is 365 g/mol. The predicted molar refractivity (Wildman–Crippen MR) is 91.7 cm³/mol. The number of Topliss-reactive ketones (excluding diaryl/α,β-unsaturated/α-hetero) is 1. The van der Waals surface area contributed by atoms with E-state index in [4.69, 9.17) is 4.74 Å². The molecular weight excluding hydrogens is 344 g/mol. The highest BCUT2D eigenvalue weighted by Gasteiger charge is 2.14. The summed E-state index contributed by atoms with van der Waals surface area (Å²) in [6.45, 7) is 3.15. The fourth-order valence-corrected chi connectivity index (χ4v) is 2.33. The van der Waals surface area contributed by atoms with E-state index in [0.717, 1.165) is 18.9 Å². The van der Waals surface area contributed by atoms with Gasteiger partial charge in [0.05, 0.1) is 5.56 Å². The van der Waals surface area contributed by atoms with E-state index in [1.165, 1.54) is 13.0 Å². The van der Waals surface area contributed by atoms with Crippen LogP contribution in [0, 0.1) is 18.6 Å². The third kappa shape index (κ3) is 5.65. The number of amides is 1. The predicted octanol–water partition coefficient (Wildman–Crippen LogP) is 3.98. The smallest absolute Gasteiger partial charge is 0.413 e. The minimum atomic E-state index is -0.855. The minimum absolute atomic E-state index is 0.150. The monoisotopic (exact) mass is 365 g/mol. The van der Waals surface area contributed by atoms with Crippen LogP contribution in [0.1, 0.15) is 37.3 Å². The van der Waals surface area contributed by atoms with Gasteiger partial charge in [-0.3, -0.25) is 10.00 Å². The molecule has 0 saturated heterocycles. The van der Waals surface area contributed by atoms with E-state index in [1.807, 2.05) is 0 Å². The molecule has 1 aromatic heterocycles. The van der Waals surface area contributed by atoms with Gasteiger partial charge in [-0.1, -0.05) is 6.07 Å². The Morgan fingerprint density at radius 3 is 2.73 bits per heavy atom. The van der Waals surface area contributed by atoms with Gasteiger partial charge in [0.1, 0.15) is 24.0 Å². The molecule has 8 heteroatoms. The van der Waals surface area contributed by atoms with E-state index in [9.17, 15) is 18.4 Å². The zero-order chi connectivity index (χ0) is 19.1. The molecule has 1 amide bonds. The number of rotatable bonds is 8. The maximum atomic E-state index is 13.9. The van der Waals surface area contributed by atoms with Crippen molar-refractivity contribution in [2.45, 2.75) is 46.3 Å². The lowest BCUT2D eigenvalue weighted by molar-refractivity contribution is -0.117. The fourth-order valence-electron chi connectivity index (χ4n) is 2.33. The Balaban J connectivity index is 1.82. The molecule has 1 N–H and O–H groups in total. The normalized spacial score (nSPS) is 10.6. The van der Waals surface area contributed by atoms with E-state index in [0.29, 0.717) is 13.0 Å². The quantitative estimate of drug-likeness (QED) is 0.718. The first kappa shape index (κ1) is 19.6. The molecule has 0 radical (unpaired) electrons. The molecule has 1 aromatic carbocycles. The molecule has 0 bridgehead atoms. The second-order valence-corrected chi connectivity index (χ2v) is 5.98. The number of halogens is 2. The first-order valence-electron chi connectivity index (χ1n) is 8.27. The Bertz CT molecular complexity index is 790. The van der Waals surface area contributed by atoms with Gasteiger partial charge in [0.2, 0.25) is 0 Å². The number of nitrogens with one attached hydrogen (secondary N) is 1. The lowest BCUT2D eigenvalue weighted by atomic mass is 10.1. The number of carbonyl (C=O) groups excluding carboxylic acids is 2. The van der Waals surface area contributed by atoms with Crippen molar-refractivity contribution in [3.8, 4) is 0 Å². The zero-order valence-electron chi connectivity index (χ0n) is 14.7. The molecular formula is C18H21F2N3O3. The first-order chi connectivity index (χ1) is 12.4. The van der Waals surface area contributed by atoms with Crippen LogP contribution < -0.4 is 5.32 Å². The fraction of sp³-hybridized carbons (Fsp3) is 0.389. The molecule has 0 fully saturated rings. The molecule has 0 saturated carbocycles. The van der Waals surface area contributed by atoms with Crippen LogP contribution in [-0.2, 0) is 22.7 Å². The van der Waals surface area contributed by atoms with Crippen LogP contribution in [0.5, 0.6) is 0 Å². The molecule has 0 aliphatic rings. The van der Waals surface area contributed by atoms with Crippen molar-refractivity contribution in [1.29, 1.82) is 0 Å². The standard InChI is InChI=1S/C18H21F2N3O3/c1-12-6-7-15(19)14(17(12)20)11-26-18(25)21-16-8-10-23(22-16)9-4-3-5-13(2)24/h6-8,10H,3-5,9,11H2,1-2H3,(H,21,22,25). The van der Waals surface area contributed by atoms with Gasteiger partial charge in [0, 0.05) is 25.2 Å². The number of ketones is 1. The van der Waals surface area contributed by atoms with Crippen molar-refractivity contribution in [3.05, 3.63) is 47.2 Å². The Morgan fingerprint density at radius 1 is 1.23 bits per heavy atom. The van der Waals surface area contributed by atoms with Gasteiger partial charge in [-0.2, -0.15) is 5.10 Å². The maximum Gasteiger partial charge on any atom is 0.413 e. The Labute approximate surface area is 150 Å². The molecule has 0 atom stereocenters. The van der Waals surface area contributed by atoms with Gasteiger partial charge in [-0.25, -0.2) is 13.6 Å². The summed E-state index contributed by atoms with van der Waals surface area (Å²) in [6, 6.07) is 4.03. The van der Waals surface area contributed by atoms with Crippen molar-refractivity contribution in [1.82, 2.24) is 9.78 Å². The van der Waals surface area contributed by atoms with Crippen molar-refractivity contribution in [3.63, 3.8) is 0 Å². The molecule has 0 unspecified atom stereocenters. The topological polar surface area (TPSA) is 73.2 Å². The Kier molecular flexibility index (Phi) is 6.82. The first-order valence-corrected chi connectivity index (χ1v) is 8.27. The van der Waals surface area contributed by atoms with Crippen LogP contribution in [0.25, 0.3) is 0 Å². The summed E-state index contributed by atoms with van der Waals surface area (Å²) in [4.78, 5) is 22.6. The highest BCUT2D eigenvalue weighted by Crippen LogP contribution is 2.17. The molecule has 6 nitrogen and oxygen atoms in total. The number of hydrogen-bond donors (Lipinski definition) is 1. The number of nitrogens with zero attached hydrogens (tertiary/aromatic N) is 2. The zero-order valence-corrected chi connectivity index (χ0v) is 14.7. The second-order valence-electron chi connectivity index (χ2n) is 5.98. The van der Waals surface area contributed by atoms with Gasteiger partial charge >= 0.3 is 6.09 Å². The molecule has 140 valence electrons. The van der Waals surface area contributed by atoms with E-state index in [1.54, 1.807) is 23.9 Å². The molecule has 2 rings (SSSR count). The van der Waals surface area contributed by atoms with Crippen LogP contribution in [0.4, 0.5) is 19.4 Å². The van der Waals surface area contributed by atoms with Crippen LogP contribution in [0.2, 0.25) is 0 Å². The van der Waals surface area contributed by atoms with Gasteiger partial charge in [-0.15, -0.1) is 0 Å². The minimum Gasteiger partial charge on any atom is -0.444 e. The number of hydrogen-bond acceptors (Lipinski definition) is 4. The maximum absolute atomic E-state index is 13.9. The summed E-state index contributed by atoms with van der Waals surface area (Å²) in [5.74, 6) is -1.08. The number of unbranched alkanes of at least 4 members (excludes halogenated alkanes) is 1. The summed E-state index contributed by atoms with van der Waals surface area (Å²) in [5, 5.41) is 6.55. The number of benzene rings is 1. The molecule has 0 spiro atoms. The van der Waals surface area contributed by atoms with E-state index >= 15 is 0 Å². The Hall–Kier alpha value is -2.77. The van der Waals surface area contributed by atoms with Gasteiger partial charge < -0.3 is 9.53 Å². The second kappa shape index (κ2) is 9.07. The van der Waals surface area contributed by atoms with E-state index < -0.39 is 24.3 Å². The third-order valence-corrected chi connectivity index (χ3v) is 3.76. The SMILES string of the molecule is CC(=O)CCCCn1ccc(NC(=O)OCc2c(F)ccc(C)c2F)n1. The van der Waals surface area contributed by atoms with Crippen LogP contribution in [0.3, 0.4) is 0 Å². The lowest BCUT2D eigenvalue weighted by Gasteiger charge is -2.08. The summed E-state index contributed by atoms with van der Waals surface area (Å²) in [6.07, 6.45) is 2.92. The summed E-state index contributed by atoms with van der Waals surface area (Å²) < 4.78 is 34.0. The van der Waals surface area contributed by atoms with Crippen molar-refractivity contribution in [2.75, 3.05) is 5.32 Å². The van der Waals surface area contributed by atoms with Gasteiger partial charge in [-0.05, 0) is 38.3 Å². The van der Waals surface area contributed by atoms with Crippen molar-refractivity contribution < 1.29 is 23.1 Å². The Morgan fingerprint density at radius 2 is 2.00 bits per heavy atom. The van der Waals surface area contributed by atoms with Crippen molar-refractivity contribution >= 4 is 17.7 Å². The molecule has 1 heterocycles. The number of aromatic nitrogens is 2. The highest BCUT2D eigenvalue weighted by atomic mass is 19.1. The van der Waals surface area contributed by atoms with Crippen molar-refractivity contribution in [2.24, 2.45) is 0 Å². The summed E-state index contributed by atoms with van der Waals surface area (Å²) >= 11 is 0. The van der Waals surface area contributed by atoms with Gasteiger partial charge in [0.15, 0.2) is 5.82 Å². The lowest BCUT2D eigenvalue weighted by Crippen LogP contribution is -2.15. The number of anilines is 1. The van der Waals surface area contributed by atoms with Gasteiger partial charge in [0.25, 0.3) is 0 Å². The number of aryl methyl sites for hydroxylation is 2. The third-order valence-electron chi connectivity index (χ3n) is 3.76. The molecule has 26 heavy (non-hydrogen) atoms. The number of carbonyl (C=O) groups is 2. The van der Waals surface area contributed by atoms with E-state index in [-0.39, 0.29) is 22.7 Å². The number of ether oxygens (including phenoxy) is 1. The average Bonchev–Trinajstić information content (AvgIpc) is 3.02. The van der Waals surface area contributed by atoms with Crippen LogP contribution in [0.15, 0.2) is 24.4 Å². The summed E-state index contributed by atoms with van der Waals surface area (Å²) in [7, 11) is 0. The largest absolute Gasteiger partial charge is 0.444 e. The van der Waals surface area contributed by atoms with Crippen LogP contribution >= 0.6 is 0 Å². The highest BCUT2D eigenvalue weighted by molar-refractivity contribution is 5.83. The molecule has 0 aliphatic carbocycles. The molecule has 0 aliphatic heterocycles.